The van der Waals surface area contributed by atoms with Gasteiger partial charge in [0.05, 0.1) is 21.8 Å². The molecular weight excluding hydrogens is 454 g/mol. The summed E-state index contributed by atoms with van der Waals surface area (Å²) < 4.78 is 28.7. The number of benzene rings is 2. The lowest BCUT2D eigenvalue weighted by molar-refractivity contribution is -0.122. The van der Waals surface area contributed by atoms with Gasteiger partial charge < -0.3 is 9.47 Å². The third-order valence-corrected chi connectivity index (χ3v) is 8.26. The van der Waals surface area contributed by atoms with E-state index in [4.69, 9.17) is 0 Å². The number of fused-ring (bicyclic) bond motifs is 1. The van der Waals surface area contributed by atoms with E-state index >= 15 is 0 Å². The molecule has 1 N–H and O–H groups in total. The summed E-state index contributed by atoms with van der Waals surface area (Å²) in [6.45, 7) is 7.20. The first-order chi connectivity index (χ1) is 16.3. The van der Waals surface area contributed by atoms with Crippen molar-refractivity contribution in [3.63, 3.8) is 0 Å². The number of amides is 2. The van der Waals surface area contributed by atoms with Crippen molar-refractivity contribution in [3.8, 4) is 0 Å². The maximum Gasteiger partial charge on any atom is 0.243 e. The van der Waals surface area contributed by atoms with Crippen LogP contribution in [0.15, 0.2) is 53.4 Å². The molecule has 1 aromatic heterocycles. The van der Waals surface area contributed by atoms with Crippen molar-refractivity contribution in [2.24, 2.45) is 5.92 Å². The third kappa shape index (κ3) is 4.30. The topological polar surface area (TPSA) is 105 Å². The van der Waals surface area contributed by atoms with Crippen molar-refractivity contribution >= 4 is 44.5 Å². The summed E-state index contributed by atoms with van der Waals surface area (Å²) in [5.41, 5.74) is 2.30. The largest absolute Gasteiger partial charge is 0.312 e. The van der Waals surface area contributed by atoms with Crippen LogP contribution < -0.4 is 10.2 Å². The van der Waals surface area contributed by atoms with Crippen LogP contribution in [0.3, 0.4) is 0 Å². The molecule has 9 nitrogen and oxygen atoms in total. The molecule has 2 aromatic carbocycles. The molecule has 1 aliphatic heterocycles. The number of carbonyl (C=O) groups excluding carboxylic acids is 2. The van der Waals surface area contributed by atoms with E-state index in [1.165, 1.54) is 21.3 Å². The molecule has 10 heteroatoms. The highest BCUT2D eigenvalue weighted by Gasteiger charge is 2.36. The van der Waals surface area contributed by atoms with Crippen molar-refractivity contribution in [1.82, 2.24) is 13.9 Å². The van der Waals surface area contributed by atoms with Crippen molar-refractivity contribution in [1.29, 1.82) is 0 Å². The number of sulfonamides is 1. The van der Waals surface area contributed by atoms with E-state index in [2.05, 4.69) is 10.3 Å². The smallest absolute Gasteiger partial charge is 0.243 e. The zero-order valence-electron chi connectivity index (χ0n) is 19.6. The second-order valence-corrected chi connectivity index (χ2v) is 10.1. The Morgan fingerprint density at radius 3 is 2.41 bits per heavy atom. The molecule has 2 amide bonds. The van der Waals surface area contributed by atoms with E-state index in [1.54, 1.807) is 26.0 Å². The number of nitrogens with zero attached hydrogens (tertiary/aromatic N) is 4. The zero-order chi connectivity index (χ0) is 24.5. The molecule has 2 heterocycles. The molecule has 0 radical (unpaired) electrons. The lowest BCUT2D eigenvalue weighted by atomic mass is 10.1. The van der Waals surface area contributed by atoms with Crippen LogP contribution in [0.25, 0.3) is 11.0 Å². The van der Waals surface area contributed by atoms with Crippen LogP contribution in [-0.2, 0) is 26.2 Å². The van der Waals surface area contributed by atoms with Crippen LogP contribution in [0.4, 0.5) is 11.6 Å². The minimum absolute atomic E-state index is 0.0810. The van der Waals surface area contributed by atoms with E-state index in [-0.39, 0.29) is 29.7 Å². The molecule has 1 atom stereocenters. The lowest BCUT2D eigenvalue weighted by Gasteiger charge is -2.20. The van der Waals surface area contributed by atoms with Crippen molar-refractivity contribution < 1.29 is 18.0 Å². The third-order valence-electron chi connectivity index (χ3n) is 6.19. The fraction of sp³-hybridized carbons (Fsp3) is 0.375. The molecular formula is C24H29N5O4S. The number of nitrogens with one attached hydrogen (secondary N) is 1. The first kappa shape index (κ1) is 23.9. The summed E-state index contributed by atoms with van der Waals surface area (Å²) in [4.78, 5) is 31.9. The van der Waals surface area contributed by atoms with Crippen molar-refractivity contribution in [3.05, 3.63) is 48.5 Å². The predicted molar refractivity (Wildman–Crippen MR) is 131 cm³/mol. The molecule has 0 aliphatic carbocycles. The van der Waals surface area contributed by atoms with E-state index in [0.717, 1.165) is 11.0 Å². The van der Waals surface area contributed by atoms with Gasteiger partial charge in [0.2, 0.25) is 27.8 Å². The Kier molecular flexibility index (Phi) is 6.72. The number of hydrogen-bond donors (Lipinski definition) is 1. The number of rotatable bonds is 8. The number of anilines is 2. The average molecular weight is 484 g/mol. The summed E-state index contributed by atoms with van der Waals surface area (Å²) in [5, 5.41) is 2.89. The Labute approximate surface area is 199 Å². The summed E-state index contributed by atoms with van der Waals surface area (Å²) in [6.07, 6.45) is 0.0810. The molecule has 3 aromatic rings. The molecule has 34 heavy (non-hydrogen) atoms. The Morgan fingerprint density at radius 2 is 1.76 bits per heavy atom. The number of carbonyl (C=O) groups is 2. The number of aromatic nitrogens is 2. The highest BCUT2D eigenvalue weighted by Crippen LogP contribution is 2.28. The minimum atomic E-state index is -3.58. The van der Waals surface area contributed by atoms with Crippen LogP contribution in [-0.4, -0.2) is 53.7 Å². The second-order valence-electron chi connectivity index (χ2n) is 8.15. The van der Waals surface area contributed by atoms with Gasteiger partial charge in [-0.1, -0.05) is 26.0 Å². The molecule has 180 valence electrons. The first-order valence-corrected chi connectivity index (χ1v) is 12.9. The maximum absolute atomic E-state index is 13.0. The van der Waals surface area contributed by atoms with Gasteiger partial charge in [0.15, 0.2) is 0 Å². The van der Waals surface area contributed by atoms with Gasteiger partial charge in [-0.05, 0) is 43.3 Å². The van der Waals surface area contributed by atoms with E-state index in [9.17, 15) is 18.0 Å². The average Bonchev–Trinajstić information content (AvgIpc) is 3.39. The molecule has 1 aliphatic rings. The van der Waals surface area contributed by atoms with Gasteiger partial charge in [0.1, 0.15) is 0 Å². The predicted octanol–water partition coefficient (Wildman–Crippen LogP) is 3.08. The van der Waals surface area contributed by atoms with Gasteiger partial charge in [-0.3, -0.25) is 14.9 Å². The number of aryl methyl sites for hydroxylation is 1. The van der Waals surface area contributed by atoms with E-state index in [0.29, 0.717) is 31.3 Å². The van der Waals surface area contributed by atoms with Crippen LogP contribution in [0.5, 0.6) is 0 Å². The fourth-order valence-electron chi connectivity index (χ4n) is 4.35. The Hall–Kier alpha value is -3.24. The molecule has 4 rings (SSSR count). The number of para-hydroxylation sites is 2. The standard InChI is InChI=1S/C24H29N5O4S/c1-4-27(5-2)34(32,33)19-13-11-18(12-14-19)29-16-17(15-22(29)30)23(31)26-24-25-20-9-7-8-10-21(20)28(24)6-3/h7-14,17H,4-6,15-16H2,1-3H3,(H,25,26,31)/t17-/m1/s1. The second kappa shape index (κ2) is 9.55. The molecule has 1 saturated heterocycles. The van der Waals surface area contributed by atoms with Crippen LogP contribution in [0.1, 0.15) is 27.2 Å². The molecule has 0 bridgehead atoms. The highest BCUT2D eigenvalue weighted by atomic mass is 32.2. The Bertz CT molecular complexity index is 1310. The Morgan fingerprint density at radius 1 is 1.09 bits per heavy atom. The van der Waals surface area contributed by atoms with Gasteiger partial charge in [-0.2, -0.15) is 4.31 Å². The monoisotopic (exact) mass is 483 g/mol. The maximum atomic E-state index is 13.0. The molecule has 1 fully saturated rings. The van der Waals surface area contributed by atoms with Crippen molar-refractivity contribution in [2.75, 3.05) is 29.9 Å². The normalized spacial score (nSPS) is 16.5. The van der Waals surface area contributed by atoms with Crippen LogP contribution in [0, 0.1) is 5.92 Å². The fourth-order valence-corrected chi connectivity index (χ4v) is 5.80. The molecule has 0 unspecified atom stereocenters. The van der Waals surface area contributed by atoms with Crippen LogP contribution >= 0.6 is 0 Å². The van der Waals surface area contributed by atoms with Gasteiger partial charge in [-0.15, -0.1) is 0 Å². The van der Waals surface area contributed by atoms with Crippen LogP contribution in [0.2, 0.25) is 0 Å². The summed E-state index contributed by atoms with van der Waals surface area (Å²) >= 11 is 0. The number of imidazole rings is 1. The minimum Gasteiger partial charge on any atom is -0.312 e. The number of hydrogen-bond acceptors (Lipinski definition) is 5. The SMILES string of the molecule is CCN(CC)S(=O)(=O)c1ccc(N2C[C@H](C(=O)Nc3nc4ccccc4n3CC)CC2=O)cc1. The van der Waals surface area contributed by atoms with Gasteiger partial charge >= 0.3 is 0 Å². The summed E-state index contributed by atoms with van der Waals surface area (Å²) in [5.74, 6) is -0.507. The van der Waals surface area contributed by atoms with Gasteiger partial charge in [-0.25, -0.2) is 13.4 Å². The quantitative estimate of drug-likeness (QED) is 0.530. The highest BCUT2D eigenvalue weighted by molar-refractivity contribution is 7.89. The van der Waals surface area contributed by atoms with E-state index < -0.39 is 15.9 Å². The summed E-state index contributed by atoms with van der Waals surface area (Å²) in [7, 11) is -3.58. The van der Waals surface area contributed by atoms with E-state index in [1.807, 2.05) is 35.8 Å². The zero-order valence-corrected chi connectivity index (χ0v) is 20.4. The Balaban J connectivity index is 1.49. The molecule has 0 saturated carbocycles. The van der Waals surface area contributed by atoms with Gasteiger partial charge in [0, 0.05) is 38.3 Å². The molecule has 0 spiro atoms. The lowest BCUT2D eigenvalue weighted by Crippen LogP contribution is -2.31. The van der Waals surface area contributed by atoms with Gasteiger partial charge in [0.25, 0.3) is 0 Å². The first-order valence-electron chi connectivity index (χ1n) is 11.5. The van der Waals surface area contributed by atoms with Crippen molar-refractivity contribution in [2.45, 2.75) is 38.6 Å². The summed E-state index contributed by atoms with van der Waals surface area (Å²) in [6, 6.07) is 13.9.